The molecule has 1 aliphatic rings. The second kappa shape index (κ2) is 7.85. The minimum absolute atomic E-state index is 0.683. The van der Waals surface area contributed by atoms with Crippen LogP contribution in [0, 0.1) is 6.92 Å². The van der Waals surface area contributed by atoms with Gasteiger partial charge in [0.25, 0.3) is 0 Å². The maximum absolute atomic E-state index is 6.90. The van der Waals surface area contributed by atoms with E-state index in [1.807, 2.05) is 66.2 Å². The van der Waals surface area contributed by atoms with Gasteiger partial charge >= 0.3 is 0 Å². The van der Waals surface area contributed by atoms with Crippen LogP contribution in [0.15, 0.2) is 54.6 Å². The highest BCUT2D eigenvalue weighted by Gasteiger charge is 2.24. The van der Waals surface area contributed by atoms with Gasteiger partial charge in [0.2, 0.25) is 0 Å². The van der Waals surface area contributed by atoms with Crippen LogP contribution in [0.25, 0.3) is 38.9 Å². The van der Waals surface area contributed by atoms with Gasteiger partial charge in [-0.2, -0.15) is 5.10 Å². The molecule has 6 heteroatoms. The number of nitrogens with two attached hydrogens (primary N) is 1. The maximum Gasteiger partial charge on any atom is 0.166 e. The fourth-order valence-electron chi connectivity index (χ4n) is 5.05. The topological polar surface area (TPSA) is 69.6 Å². The van der Waals surface area contributed by atoms with Gasteiger partial charge in [-0.05, 0) is 68.0 Å². The van der Waals surface area contributed by atoms with Crippen molar-refractivity contribution in [2.45, 2.75) is 39.0 Å². The normalized spacial score (nSPS) is 13.9. The van der Waals surface area contributed by atoms with Crippen molar-refractivity contribution >= 4 is 39.4 Å². The van der Waals surface area contributed by atoms with Gasteiger partial charge in [-0.3, -0.25) is 0 Å². The number of para-hydroxylation sites is 1. The quantitative estimate of drug-likeness (QED) is 0.312. The Morgan fingerprint density at radius 1 is 0.879 bits per heavy atom. The molecule has 33 heavy (non-hydrogen) atoms. The van der Waals surface area contributed by atoms with E-state index < -0.39 is 0 Å². The van der Waals surface area contributed by atoms with Gasteiger partial charge in [-0.25, -0.2) is 14.6 Å². The number of nitrogen functional groups attached to an aromatic ring is 1. The number of hydrogen-bond acceptors (Lipinski definition) is 4. The van der Waals surface area contributed by atoms with Gasteiger partial charge in [0.1, 0.15) is 0 Å². The minimum Gasteiger partial charge on any atom is -0.398 e. The molecule has 0 saturated heterocycles. The molecule has 0 aliphatic heterocycles. The number of hydrogen-bond donors (Lipinski definition) is 1. The Hall–Kier alpha value is -3.44. The van der Waals surface area contributed by atoms with Crippen LogP contribution in [0.3, 0.4) is 0 Å². The Kier molecular flexibility index (Phi) is 4.80. The molecular formula is C27H24ClN5. The molecule has 0 amide bonds. The molecule has 5 aromatic rings. The lowest BCUT2D eigenvalue weighted by Gasteiger charge is -2.16. The highest BCUT2D eigenvalue weighted by molar-refractivity contribution is 6.30. The van der Waals surface area contributed by atoms with Gasteiger partial charge in [0.15, 0.2) is 11.3 Å². The summed E-state index contributed by atoms with van der Waals surface area (Å²) in [4.78, 5) is 10.1. The molecule has 5 nitrogen and oxygen atoms in total. The van der Waals surface area contributed by atoms with Crippen molar-refractivity contribution < 1.29 is 0 Å². The van der Waals surface area contributed by atoms with Gasteiger partial charge in [0, 0.05) is 22.0 Å². The van der Waals surface area contributed by atoms with Crippen LogP contribution in [-0.4, -0.2) is 19.7 Å². The molecule has 2 N–H and O–H groups in total. The molecule has 0 unspecified atom stereocenters. The van der Waals surface area contributed by atoms with Crippen molar-refractivity contribution in [3.05, 3.63) is 76.6 Å². The number of aryl methyl sites for hydroxylation is 2. The number of fused-ring (bicyclic) bond motifs is 3. The average Bonchev–Trinajstić information content (AvgIpc) is 2.99. The monoisotopic (exact) mass is 453 g/mol. The summed E-state index contributed by atoms with van der Waals surface area (Å²) in [7, 11) is 0. The molecule has 0 spiro atoms. The summed E-state index contributed by atoms with van der Waals surface area (Å²) >= 11 is 6.23. The van der Waals surface area contributed by atoms with Gasteiger partial charge in [0.05, 0.1) is 22.2 Å². The molecule has 0 atom stereocenters. The van der Waals surface area contributed by atoms with Crippen LogP contribution in [0.5, 0.6) is 0 Å². The van der Waals surface area contributed by atoms with E-state index in [1.54, 1.807) is 0 Å². The second-order valence-electron chi connectivity index (χ2n) is 8.74. The summed E-state index contributed by atoms with van der Waals surface area (Å²) in [6.07, 6.45) is 5.39. The molecule has 3 aromatic heterocycles. The predicted octanol–water partition coefficient (Wildman–Crippen LogP) is 6.45. The van der Waals surface area contributed by atoms with Crippen molar-refractivity contribution in [1.82, 2.24) is 19.7 Å². The van der Waals surface area contributed by atoms with Crippen LogP contribution in [-0.2, 0) is 12.8 Å². The van der Waals surface area contributed by atoms with Crippen LogP contribution < -0.4 is 5.73 Å². The lowest BCUT2D eigenvalue weighted by Crippen LogP contribution is -2.06. The lowest BCUT2D eigenvalue weighted by molar-refractivity contribution is 0.709. The van der Waals surface area contributed by atoms with Crippen LogP contribution in [0.2, 0.25) is 5.02 Å². The first-order valence-electron chi connectivity index (χ1n) is 11.4. The third-order valence-corrected chi connectivity index (χ3v) is 6.88. The zero-order valence-corrected chi connectivity index (χ0v) is 19.2. The Balaban J connectivity index is 1.78. The third kappa shape index (κ3) is 3.26. The van der Waals surface area contributed by atoms with Crippen LogP contribution in [0.4, 0.5) is 5.69 Å². The Bertz CT molecular complexity index is 1500. The Morgan fingerprint density at radius 3 is 2.42 bits per heavy atom. The van der Waals surface area contributed by atoms with E-state index in [0.717, 1.165) is 76.0 Å². The highest BCUT2D eigenvalue weighted by atomic mass is 35.5. The third-order valence-electron chi connectivity index (χ3n) is 6.63. The van der Waals surface area contributed by atoms with Crippen molar-refractivity contribution in [2.24, 2.45) is 0 Å². The largest absolute Gasteiger partial charge is 0.398 e. The summed E-state index contributed by atoms with van der Waals surface area (Å²) in [5.74, 6) is 0. The molecule has 6 rings (SSSR count). The molecule has 2 aromatic carbocycles. The summed E-state index contributed by atoms with van der Waals surface area (Å²) in [5.41, 5.74) is 15.4. The van der Waals surface area contributed by atoms with Crippen molar-refractivity contribution in [2.75, 3.05) is 5.73 Å². The van der Waals surface area contributed by atoms with E-state index in [2.05, 4.69) is 0 Å². The number of pyridine rings is 2. The van der Waals surface area contributed by atoms with Crippen LogP contribution >= 0.6 is 11.6 Å². The van der Waals surface area contributed by atoms with Gasteiger partial charge in [-0.1, -0.05) is 48.4 Å². The number of rotatable bonds is 2. The SMILES string of the molecule is Cc1nn(-c2ccccc2)c2nc3nc4c(c(N)c3c(-c3ccc(Cl)cc3)c12)CCCCC4. The molecule has 0 fully saturated rings. The smallest absolute Gasteiger partial charge is 0.166 e. The first-order valence-corrected chi connectivity index (χ1v) is 11.8. The molecule has 3 heterocycles. The number of benzene rings is 2. The van der Waals surface area contributed by atoms with E-state index >= 15 is 0 Å². The van der Waals surface area contributed by atoms with Crippen molar-refractivity contribution in [3.63, 3.8) is 0 Å². The predicted molar refractivity (Wildman–Crippen MR) is 135 cm³/mol. The van der Waals surface area contributed by atoms with E-state index in [1.165, 1.54) is 12.0 Å². The summed E-state index contributed by atoms with van der Waals surface area (Å²) in [6, 6.07) is 18.0. The molecule has 0 bridgehead atoms. The zero-order valence-electron chi connectivity index (χ0n) is 18.5. The van der Waals surface area contributed by atoms with E-state index in [0.29, 0.717) is 10.7 Å². The van der Waals surface area contributed by atoms with E-state index in [-0.39, 0.29) is 0 Å². The Labute approximate surface area is 197 Å². The highest BCUT2D eigenvalue weighted by Crippen LogP contribution is 2.41. The number of anilines is 1. The number of nitrogens with zero attached hydrogens (tertiary/aromatic N) is 4. The first kappa shape index (κ1) is 20.2. The number of halogens is 1. The second-order valence-corrected chi connectivity index (χ2v) is 9.17. The summed E-state index contributed by atoms with van der Waals surface area (Å²) < 4.78 is 1.91. The first-order chi connectivity index (χ1) is 16.1. The standard InChI is InChI=1S/C27H24ClN5/c1-16-22-23(17-12-14-18(28)15-13-17)24-25(29)20-10-6-3-7-11-21(20)30-26(24)31-27(22)33(32-16)19-8-4-2-5-9-19/h2,4-5,8-9,12-15H,3,6-7,10-11H2,1H3,(H2,29,30,31). The van der Waals surface area contributed by atoms with Crippen LogP contribution in [0.1, 0.15) is 36.2 Å². The Morgan fingerprint density at radius 2 is 1.64 bits per heavy atom. The fourth-order valence-corrected chi connectivity index (χ4v) is 5.18. The fraction of sp³-hybridized carbons (Fsp3) is 0.222. The van der Waals surface area contributed by atoms with E-state index in [4.69, 9.17) is 32.4 Å². The van der Waals surface area contributed by atoms with Gasteiger partial charge in [-0.15, -0.1) is 0 Å². The molecule has 0 radical (unpaired) electrons. The van der Waals surface area contributed by atoms with E-state index in [9.17, 15) is 0 Å². The molecular weight excluding hydrogens is 430 g/mol. The average molecular weight is 454 g/mol. The van der Waals surface area contributed by atoms with Crippen molar-refractivity contribution in [1.29, 1.82) is 0 Å². The van der Waals surface area contributed by atoms with Gasteiger partial charge < -0.3 is 5.73 Å². The summed E-state index contributed by atoms with van der Waals surface area (Å²) in [5, 5.41) is 7.50. The molecule has 1 aliphatic carbocycles. The molecule has 164 valence electrons. The summed E-state index contributed by atoms with van der Waals surface area (Å²) in [6.45, 7) is 2.03. The minimum atomic E-state index is 0.683. The number of aromatic nitrogens is 4. The zero-order chi connectivity index (χ0) is 22.5. The maximum atomic E-state index is 6.90. The molecule has 0 saturated carbocycles. The van der Waals surface area contributed by atoms with Crippen molar-refractivity contribution in [3.8, 4) is 16.8 Å². The lowest BCUT2D eigenvalue weighted by atomic mass is 9.94.